The molecule has 0 aromatic heterocycles. The number of ether oxygens (including phenoxy) is 2. The number of unbranched alkanes of at least 4 members (excludes halogenated alkanes) is 2. The summed E-state index contributed by atoms with van der Waals surface area (Å²) in [6.07, 6.45) is 9.72. The molecule has 2 saturated carbocycles. The van der Waals surface area contributed by atoms with E-state index in [1.165, 1.54) is 39.9 Å². The fourth-order valence-corrected chi connectivity index (χ4v) is 4.94. The van der Waals surface area contributed by atoms with E-state index in [4.69, 9.17) is 9.47 Å². The second-order valence-electron chi connectivity index (χ2n) is 6.97. The van der Waals surface area contributed by atoms with Gasteiger partial charge in [-0.25, -0.2) is 0 Å². The van der Waals surface area contributed by atoms with Crippen molar-refractivity contribution in [1.29, 1.82) is 0 Å². The van der Waals surface area contributed by atoms with Crippen LogP contribution >= 0.6 is 0 Å². The molecule has 126 valence electrons. The molecular formula is C18H30O4. The molecule has 0 N–H and O–H groups in total. The lowest BCUT2D eigenvalue weighted by Gasteiger charge is -2.35. The van der Waals surface area contributed by atoms with Gasteiger partial charge in [0.25, 0.3) is 0 Å². The molecule has 0 aromatic rings. The Balaban J connectivity index is 2.27. The Kier molecular flexibility index (Phi) is 5.87. The van der Waals surface area contributed by atoms with Gasteiger partial charge in [0.2, 0.25) is 0 Å². The SMILES string of the molecule is CCCCC[C@H]1CC(C(=O)OC)(C(=O)OC)[C@@H]2CCCC[C@H]12. The predicted octanol–water partition coefficient (Wildman–Crippen LogP) is 3.73. The van der Waals surface area contributed by atoms with Gasteiger partial charge < -0.3 is 9.47 Å². The highest BCUT2D eigenvalue weighted by atomic mass is 16.5. The number of esters is 2. The maximum Gasteiger partial charge on any atom is 0.323 e. The summed E-state index contributed by atoms with van der Waals surface area (Å²) in [5.74, 6) is 0.273. The average molecular weight is 310 g/mol. The van der Waals surface area contributed by atoms with Crippen LogP contribution in [0.3, 0.4) is 0 Å². The van der Waals surface area contributed by atoms with Gasteiger partial charge in [-0.15, -0.1) is 0 Å². The Morgan fingerprint density at radius 2 is 1.68 bits per heavy atom. The van der Waals surface area contributed by atoms with E-state index >= 15 is 0 Å². The number of methoxy groups -OCH3 is 2. The van der Waals surface area contributed by atoms with Crippen LogP contribution < -0.4 is 0 Å². The summed E-state index contributed by atoms with van der Waals surface area (Å²) in [6.45, 7) is 2.20. The molecule has 0 bridgehead atoms. The molecule has 0 spiro atoms. The quantitative estimate of drug-likeness (QED) is 0.426. The smallest absolute Gasteiger partial charge is 0.323 e. The Bertz CT molecular complexity index is 388. The summed E-state index contributed by atoms with van der Waals surface area (Å²) in [7, 11) is 2.77. The second-order valence-corrected chi connectivity index (χ2v) is 6.97. The van der Waals surface area contributed by atoms with Crippen LogP contribution in [0.2, 0.25) is 0 Å². The van der Waals surface area contributed by atoms with Crippen molar-refractivity contribution in [2.75, 3.05) is 14.2 Å². The first-order chi connectivity index (χ1) is 10.6. The normalized spacial score (nSPS) is 29.7. The van der Waals surface area contributed by atoms with Gasteiger partial charge >= 0.3 is 11.9 Å². The van der Waals surface area contributed by atoms with Crippen LogP contribution in [0.25, 0.3) is 0 Å². The lowest BCUT2D eigenvalue weighted by atomic mass is 9.69. The van der Waals surface area contributed by atoms with Gasteiger partial charge in [-0.05, 0) is 37.0 Å². The van der Waals surface area contributed by atoms with E-state index in [2.05, 4.69) is 6.92 Å². The molecule has 0 radical (unpaired) electrons. The number of fused-ring (bicyclic) bond motifs is 1. The number of rotatable bonds is 6. The minimum atomic E-state index is -1.05. The van der Waals surface area contributed by atoms with Gasteiger partial charge in [-0.1, -0.05) is 45.4 Å². The minimum Gasteiger partial charge on any atom is -0.468 e. The third-order valence-corrected chi connectivity index (χ3v) is 5.92. The molecule has 2 rings (SSSR count). The zero-order valence-corrected chi connectivity index (χ0v) is 14.2. The van der Waals surface area contributed by atoms with E-state index in [1.807, 2.05) is 0 Å². The Labute approximate surface area is 133 Å². The van der Waals surface area contributed by atoms with E-state index in [-0.39, 0.29) is 17.9 Å². The predicted molar refractivity (Wildman–Crippen MR) is 84.2 cm³/mol. The van der Waals surface area contributed by atoms with Crippen LogP contribution in [0.1, 0.15) is 64.7 Å². The highest BCUT2D eigenvalue weighted by Crippen LogP contribution is 2.58. The van der Waals surface area contributed by atoms with Crippen LogP contribution in [-0.2, 0) is 19.1 Å². The number of carbonyl (C=O) groups is 2. The molecule has 0 heterocycles. The maximum absolute atomic E-state index is 12.5. The summed E-state index contributed by atoms with van der Waals surface area (Å²) in [4.78, 5) is 25.1. The molecule has 2 aliphatic carbocycles. The van der Waals surface area contributed by atoms with Crippen molar-refractivity contribution in [3.05, 3.63) is 0 Å². The molecule has 2 fully saturated rings. The van der Waals surface area contributed by atoms with E-state index in [0.717, 1.165) is 25.7 Å². The molecule has 4 nitrogen and oxygen atoms in total. The highest BCUT2D eigenvalue weighted by molar-refractivity contribution is 6.01. The third-order valence-electron chi connectivity index (χ3n) is 5.92. The minimum absolute atomic E-state index is 0.104. The second kappa shape index (κ2) is 7.47. The Morgan fingerprint density at radius 1 is 1.05 bits per heavy atom. The molecule has 0 aliphatic heterocycles. The van der Waals surface area contributed by atoms with Crippen LogP contribution in [0, 0.1) is 23.2 Å². The first-order valence-corrected chi connectivity index (χ1v) is 8.78. The number of carbonyl (C=O) groups excluding carboxylic acids is 2. The van der Waals surface area contributed by atoms with Gasteiger partial charge in [-0.2, -0.15) is 0 Å². The van der Waals surface area contributed by atoms with Gasteiger partial charge in [0.1, 0.15) is 0 Å². The molecule has 0 unspecified atom stereocenters. The molecular weight excluding hydrogens is 280 g/mol. The number of hydrogen-bond donors (Lipinski definition) is 0. The Hall–Kier alpha value is -1.06. The van der Waals surface area contributed by atoms with Crippen molar-refractivity contribution in [3.8, 4) is 0 Å². The maximum atomic E-state index is 12.5. The first kappa shape index (κ1) is 17.3. The van der Waals surface area contributed by atoms with E-state index < -0.39 is 5.41 Å². The molecule has 4 heteroatoms. The first-order valence-electron chi connectivity index (χ1n) is 8.78. The lowest BCUT2D eigenvalue weighted by Crippen LogP contribution is -2.46. The topological polar surface area (TPSA) is 52.6 Å². The van der Waals surface area contributed by atoms with Gasteiger partial charge in [0.05, 0.1) is 14.2 Å². The van der Waals surface area contributed by atoms with E-state index in [0.29, 0.717) is 18.3 Å². The monoisotopic (exact) mass is 310 g/mol. The van der Waals surface area contributed by atoms with Gasteiger partial charge in [-0.3, -0.25) is 9.59 Å². The standard InChI is InChI=1S/C18H30O4/c1-4-5-6-9-13-12-18(16(19)21-2,17(20)22-3)15-11-8-7-10-14(13)15/h13-15H,4-12H2,1-3H3/t13-,14+,15+/m0/s1. The summed E-state index contributed by atoms with van der Waals surface area (Å²) in [5.41, 5.74) is -1.05. The number of hydrogen-bond acceptors (Lipinski definition) is 4. The zero-order chi connectivity index (χ0) is 16.2. The largest absolute Gasteiger partial charge is 0.468 e. The van der Waals surface area contributed by atoms with E-state index in [9.17, 15) is 9.59 Å². The van der Waals surface area contributed by atoms with Crippen molar-refractivity contribution in [1.82, 2.24) is 0 Å². The molecule has 0 aromatic carbocycles. The van der Waals surface area contributed by atoms with Crippen molar-refractivity contribution in [2.24, 2.45) is 23.2 Å². The van der Waals surface area contributed by atoms with Crippen molar-refractivity contribution >= 4 is 11.9 Å². The van der Waals surface area contributed by atoms with E-state index in [1.54, 1.807) is 0 Å². The van der Waals surface area contributed by atoms with Crippen LogP contribution in [0.4, 0.5) is 0 Å². The summed E-state index contributed by atoms with van der Waals surface area (Å²) < 4.78 is 10.1. The summed E-state index contributed by atoms with van der Waals surface area (Å²) in [6, 6.07) is 0. The molecule has 0 saturated heterocycles. The van der Waals surface area contributed by atoms with Crippen molar-refractivity contribution in [3.63, 3.8) is 0 Å². The van der Waals surface area contributed by atoms with Crippen LogP contribution in [-0.4, -0.2) is 26.2 Å². The van der Waals surface area contributed by atoms with Gasteiger partial charge in [0.15, 0.2) is 5.41 Å². The highest BCUT2D eigenvalue weighted by Gasteiger charge is 2.63. The van der Waals surface area contributed by atoms with Crippen molar-refractivity contribution in [2.45, 2.75) is 64.7 Å². The Morgan fingerprint density at radius 3 is 2.27 bits per heavy atom. The van der Waals surface area contributed by atoms with Crippen LogP contribution in [0.5, 0.6) is 0 Å². The molecule has 2 aliphatic rings. The lowest BCUT2D eigenvalue weighted by molar-refractivity contribution is -0.173. The third kappa shape index (κ3) is 2.89. The summed E-state index contributed by atoms with van der Waals surface area (Å²) >= 11 is 0. The van der Waals surface area contributed by atoms with Gasteiger partial charge in [0, 0.05) is 0 Å². The fraction of sp³-hybridized carbons (Fsp3) is 0.889. The van der Waals surface area contributed by atoms with Crippen molar-refractivity contribution < 1.29 is 19.1 Å². The zero-order valence-electron chi connectivity index (χ0n) is 14.2. The fourth-order valence-electron chi connectivity index (χ4n) is 4.94. The molecule has 3 atom stereocenters. The molecule has 0 amide bonds. The van der Waals surface area contributed by atoms with Crippen LogP contribution in [0.15, 0.2) is 0 Å². The molecule has 22 heavy (non-hydrogen) atoms. The summed E-state index contributed by atoms with van der Waals surface area (Å²) in [5, 5.41) is 0. The average Bonchev–Trinajstić information content (AvgIpc) is 2.89.